The topological polar surface area (TPSA) is 12.0 Å². The van der Waals surface area contributed by atoms with E-state index in [0.717, 1.165) is 6.54 Å². The summed E-state index contributed by atoms with van der Waals surface area (Å²) >= 11 is 0. The molecule has 1 aromatic rings. The van der Waals surface area contributed by atoms with Crippen LogP contribution in [0.1, 0.15) is 69.5 Å². The van der Waals surface area contributed by atoms with Crippen LogP contribution < -0.4 is 5.32 Å². The van der Waals surface area contributed by atoms with E-state index >= 15 is 0 Å². The first-order valence-corrected chi connectivity index (χ1v) is 8.02. The molecule has 106 valence electrons. The Morgan fingerprint density at radius 2 is 1.84 bits per heavy atom. The maximum atomic E-state index is 3.86. The van der Waals surface area contributed by atoms with Gasteiger partial charge in [-0.15, -0.1) is 0 Å². The summed E-state index contributed by atoms with van der Waals surface area (Å²) in [6, 6.07) is 9.48. The third kappa shape index (κ3) is 3.02. The summed E-state index contributed by atoms with van der Waals surface area (Å²) in [6.07, 6.45) is 8.09. The van der Waals surface area contributed by atoms with Crippen molar-refractivity contribution in [1.82, 2.24) is 5.32 Å². The van der Waals surface area contributed by atoms with Gasteiger partial charge in [0.25, 0.3) is 0 Å². The van der Waals surface area contributed by atoms with E-state index in [2.05, 4.69) is 50.4 Å². The standard InChI is InChI=1S/C18H29N/c1-4-14-19-17(16-11-7-6-10-15(16)3)18(5-2)12-8-9-13-18/h6-7,10-11,17,19H,4-5,8-9,12-14H2,1-3H3. The second kappa shape index (κ2) is 6.56. The molecule has 0 amide bonds. The predicted molar refractivity (Wildman–Crippen MR) is 83.4 cm³/mol. The van der Waals surface area contributed by atoms with Crippen molar-refractivity contribution in [1.29, 1.82) is 0 Å². The monoisotopic (exact) mass is 259 g/mol. The lowest BCUT2D eigenvalue weighted by molar-refractivity contribution is 0.186. The minimum atomic E-state index is 0.487. The molecule has 1 saturated carbocycles. The number of benzene rings is 1. The highest BCUT2D eigenvalue weighted by Gasteiger charge is 2.40. The molecule has 0 radical (unpaired) electrons. The largest absolute Gasteiger partial charge is 0.309 e. The molecule has 0 saturated heterocycles. The van der Waals surface area contributed by atoms with Gasteiger partial charge < -0.3 is 5.32 Å². The molecule has 1 fully saturated rings. The fraction of sp³-hybridized carbons (Fsp3) is 0.667. The third-order valence-electron chi connectivity index (χ3n) is 5.01. The molecule has 1 heteroatoms. The van der Waals surface area contributed by atoms with Crippen molar-refractivity contribution in [2.45, 2.75) is 65.3 Å². The van der Waals surface area contributed by atoms with Crippen LogP contribution >= 0.6 is 0 Å². The summed E-state index contributed by atoms with van der Waals surface area (Å²) in [6.45, 7) is 8.02. The molecular weight excluding hydrogens is 230 g/mol. The van der Waals surface area contributed by atoms with Gasteiger partial charge in [0, 0.05) is 6.04 Å². The van der Waals surface area contributed by atoms with E-state index in [4.69, 9.17) is 0 Å². The van der Waals surface area contributed by atoms with Crippen molar-refractivity contribution in [2.24, 2.45) is 5.41 Å². The van der Waals surface area contributed by atoms with Crippen LogP contribution in [0.15, 0.2) is 24.3 Å². The molecule has 1 N–H and O–H groups in total. The molecule has 1 nitrogen and oxygen atoms in total. The molecule has 19 heavy (non-hydrogen) atoms. The van der Waals surface area contributed by atoms with Gasteiger partial charge in [0.15, 0.2) is 0 Å². The Labute approximate surface area is 118 Å². The maximum absolute atomic E-state index is 3.86. The van der Waals surface area contributed by atoms with Crippen LogP contribution in [0, 0.1) is 12.3 Å². The van der Waals surface area contributed by atoms with E-state index in [0.29, 0.717) is 11.5 Å². The molecule has 2 rings (SSSR count). The summed E-state index contributed by atoms with van der Waals surface area (Å²) in [7, 11) is 0. The summed E-state index contributed by atoms with van der Waals surface area (Å²) in [5.41, 5.74) is 3.46. The van der Waals surface area contributed by atoms with Gasteiger partial charge in [0.1, 0.15) is 0 Å². The number of rotatable bonds is 6. The second-order valence-corrected chi connectivity index (χ2v) is 6.17. The van der Waals surface area contributed by atoms with E-state index in [9.17, 15) is 0 Å². The minimum Gasteiger partial charge on any atom is -0.309 e. The van der Waals surface area contributed by atoms with Crippen LogP contribution in [0.3, 0.4) is 0 Å². The van der Waals surface area contributed by atoms with Crippen LogP contribution in [-0.2, 0) is 0 Å². The third-order valence-corrected chi connectivity index (χ3v) is 5.01. The molecule has 0 aromatic heterocycles. The van der Waals surface area contributed by atoms with Crippen molar-refractivity contribution < 1.29 is 0 Å². The van der Waals surface area contributed by atoms with Crippen LogP contribution in [0.2, 0.25) is 0 Å². The molecule has 0 bridgehead atoms. The van der Waals surface area contributed by atoms with Crippen LogP contribution in [0.25, 0.3) is 0 Å². The van der Waals surface area contributed by atoms with Gasteiger partial charge >= 0.3 is 0 Å². The summed E-state index contributed by atoms with van der Waals surface area (Å²) in [5, 5.41) is 3.86. The summed E-state index contributed by atoms with van der Waals surface area (Å²) in [4.78, 5) is 0. The van der Waals surface area contributed by atoms with E-state index in [1.165, 1.54) is 49.7 Å². The normalized spacial score (nSPS) is 19.5. The minimum absolute atomic E-state index is 0.487. The Morgan fingerprint density at radius 1 is 1.16 bits per heavy atom. The molecule has 0 aliphatic heterocycles. The number of nitrogens with one attached hydrogen (secondary N) is 1. The van der Waals surface area contributed by atoms with Crippen LogP contribution in [-0.4, -0.2) is 6.54 Å². The predicted octanol–water partition coefficient (Wildman–Crippen LogP) is 5.01. The highest BCUT2D eigenvalue weighted by molar-refractivity contribution is 5.30. The van der Waals surface area contributed by atoms with Crippen molar-refractivity contribution in [3.8, 4) is 0 Å². The number of hydrogen-bond acceptors (Lipinski definition) is 1. The fourth-order valence-corrected chi connectivity index (χ4v) is 3.78. The Bertz CT molecular complexity index is 390. The molecule has 1 unspecified atom stereocenters. The zero-order valence-electron chi connectivity index (χ0n) is 12.8. The quantitative estimate of drug-likeness (QED) is 0.757. The Kier molecular flexibility index (Phi) is 5.04. The average Bonchev–Trinajstić information content (AvgIpc) is 2.91. The zero-order valence-corrected chi connectivity index (χ0v) is 12.8. The van der Waals surface area contributed by atoms with Gasteiger partial charge in [-0.2, -0.15) is 0 Å². The van der Waals surface area contributed by atoms with Crippen molar-refractivity contribution in [2.75, 3.05) is 6.54 Å². The number of aryl methyl sites for hydroxylation is 1. The molecule has 0 heterocycles. The van der Waals surface area contributed by atoms with Crippen LogP contribution in [0.5, 0.6) is 0 Å². The zero-order chi connectivity index (χ0) is 13.7. The van der Waals surface area contributed by atoms with Crippen molar-refractivity contribution in [3.63, 3.8) is 0 Å². The van der Waals surface area contributed by atoms with Gasteiger partial charge in [-0.3, -0.25) is 0 Å². The van der Waals surface area contributed by atoms with E-state index in [1.54, 1.807) is 0 Å². The van der Waals surface area contributed by atoms with Crippen molar-refractivity contribution in [3.05, 3.63) is 35.4 Å². The maximum Gasteiger partial charge on any atom is 0.0379 e. The highest BCUT2D eigenvalue weighted by atomic mass is 14.9. The fourth-order valence-electron chi connectivity index (χ4n) is 3.78. The first-order chi connectivity index (χ1) is 9.23. The molecule has 1 aliphatic carbocycles. The first-order valence-electron chi connectivity index (χ1n) is 8.02. The average molecular weight is 259 g/mol. The van der Waals surface area contributed by atoms with E-state index in [1.807, 2.05) is 0 Å². The van der Waals surface area contributed by atoms with Gasteiger partial charge in [-0.25, -0.2) is 0 Å². The molecular formula is C18H29N. The van der Waals surface area contributed by atoms with E-state index < -0.39 is 0 Å². The Morgan fingerprint density at radius 3 is 2.42 bits per heavy atom. The first kappa shape index (κ1) is 14.6. The Balaban J connectivity index is 2.32. The molecule has 0 spiro atoms. The van der Waals surface area contributed by atoms with E-state index in [-0.39, 0.29) is 0 Å². The van der Waals surface area contributed by atoms with Crippen molar-refractivity contribution >= 4 is 0 Å². The van der Waals surface area contributed by atoms with Gasteiger partial charge in [-0.05, 0) is 55.7 Å². The second-order valence-electron chi connectivity index (χ2n) is 6.17. The van der Waals surface area contributed by atoms with Gasteiger partial charge in [-0.1, -0.05) is 51.0 Å². The summed E-state index contributed by atoms with van der Waals surface area (Å²) < 4.78 is 0. The van der Waals surface area contributed by atoms with Gasteiger partial charge in [0.05, 0.1) is 0 Å². The lowest BCUT2D eigenvalue weighted by Gasteiger charge is -2.39. The molecule has 1 aliphatic rings. The lowest BCUT2D eigenvalue weighted by atomic mass is 9.72. The summed E-state index contributed by atoms with van der Waals surface area (Å²) in [5.74, 6) is 0. The SMILES string of the molecule is CCCNC(c1ccccc1C)C1(CC)CCCC1. The lowest BCUT2D eigenvalue weighted by Crippen LogP contribution is -2.37. The highest BCUT2D eigenvalue weighted by Crippen LogP contribution is 2.50. The molecule has 1 atom stereocenters. The Hall–Kier alpha value is -0.820. The molecule has 1 aromatic carbocycles. The van der Waals surface area contributed by atoms with Crippen LogP contribution in [0.4, 0.5) is 0 Å². The number of hydrogen-bond donors (Lipinski definition) is 1. The van der Waals surface area contributed by atoms with Gasteiger partial charge in [0.2, 0.25) is 0 Å². The smallest absolute Gasteiger partial charge is 0.0379 e.